The minimum absolute atomic E-state index is 0.199. The number of aromatic nitrogens is 2. The number of nitrogens with zero attached hydrogens (tertiary/aromatic N) is 1. The lowest BCUT2D eigenvalue weighted by molar-refractivity contribution is 0.397. The van der Waals surface area contributed by atoms with Crippen LogP contribution in [0.3, 0.4) is 0 Å². The van der Waals surface area contributed by atoms with Crippen LogP contribution >= 0.6 is 0 Å². The molecule has 0 bridgehead atoms. The smallest absolute Gasteiger partial charge is 0.256 e. The number of hydrogen-bond donors (Lipinski definition) is 2. The summed E-state index contributed by atoms with van der Waals surface area (Å²) in [7, 11) is 1.49. The molecule has 1 saturated carbocycles. The first-order valence-electron chi connectivity index (χ1n) is 4.20. The molecular weight excluding hydrogens is 170 g/mol. The Morgan fingerprint density at radius 1 is 1.69 bits per heavy atom. The lowest BCUT2D eigenvalue weighted by Crippen LogP contribution is -2.13. The summed E-state index contributed by atoms with van der Waals surface area (Å²) >= 11 is 0. The van der Waals surface area contributed by atoms with Crippen molar-refractivity contribution in [2.24, 2.45) is 0 Å². The third-order valence-corrected chi connectivity index (χ3v) is 1.85. The minimum Gasteiger partial charge on any atom is -0.481 e. The van der Waals surface area contributed by atoms with Gasteiger partial charge in [-0.05, 0) is 12.8 Å². The number of ether oxygens (including phenoxy) is 1. The quantitative estimate of drug-likeness (QED) is 0.706. The Balaban J connectivity index is 2.22. The first-order valence-corrected chi connectivity index (χ1v) is 4.20. The van der Waals surface area contributed by atoms with Crippen molar-refractivity contribution >= 4 is 5.95 Å². The monoisotopic (exact) mass is 181 g/mol. The van der Waals surface area contributed by atoms with Crippen molar-refractivity contribution in [3.05, 3.63) is 16.4 Å². The number of rotatable bonds is 3. The normalized spacial score (nSPS) is 15.5. The standard InChI is InChI=1S/C8H11N3O2/c1-13-7-4-6(12)10-8(11-7)9-5-2-3-5/h4-5H,2-3H2,1H3,(H2,9,10,11,12). The Morgan fingerprint density at radius 2 is 2.46 bits per heavy atom. The fraction of sp³-hybridized carbons (Fsp3) is 0.500. The molecule has 1 aromatic heterocycles. The Morgan fingerprint density at radius 3 is 3.08 bits per heavy atom. The summed E-state index contributed by atoms with van der Waals surface area (Å²) in [6.45, 7) is 0. The van der Waals surface area contributed by atoms with E-state index in [0.29, 0.717) is 17.9 Å². The van der Waals surface area contributed by atoms with Crippen molar-refractivity contribution in [1.82, 2.24) is 9.97 Å². The molecule has 1 aliphatic carbocycles. The molecule has 0 radical (unpaired) electrons. The van der Waals surface area contributed by atoms with Gasteiger partial charge in [-0.3, -0.25) is 9.78 Å². The van der Waals surface area contributed by atoms with Crippen molar-refractivity contribution in [3.8, 4) is 5.88 Å². The van der Waals surface area contributed by atoms with Crippen molar-refractivity contribution in [2.75, 3.05) is 12.4 Å². The second kappa shape index (κ2) is 3.08. The second-order valence-corrected chi connectivity index (χ2v) is 3.05. The zero-order valence-corrected chi connectivity index (χ0v) is 7.33. The molecule has 0 saturated heterocycles. The minimum atomic E-state index is -0.199. The van der Waals surface area contributed by atoms with Gasteiger partial charge in [-0.25, -0.2) is 0 Å². The van der Waals surface area contributed by atoms with E-state index in [4.69, 9.17) is 4.74 Å². The number of anilines is 1. The molecule has 0 aliphatic heterocycles. The van der Waals surface area contributed by atoms with Crippen LogP contribution in [0.1, 0.15) is 12.8 Å². The zero-order valence-electron chi connectivity index (χ0n) is 7.33. The molecule has 5 nitrogen and oxygen atoms in total. The van der Waals surface area contributed by atoms with Crippen LogP contribution in [0.15, 0.2) is 10.9 Å². The van der Waals surface area contributed by atoms with Gasteiger partial charge in [0.25, 0.3) is 5.56 Å². The van der Waals surface area contributed by atoms with Gasteiger partial charge >= 0.3 is 0 Å². The summed E-state index contributed by atoms with van der Waals surface area (Å²) in [6.07, 6.45) is 2.28. The van der Waals surface area contributed by atoms with Gasteiger partial charge in [0.15, 0.2) is 0 Å². The number of H-pyrrole nitrogens is 1. The van der Waals surface area contributed by atoms with Crippen molar-refractivity contribution in [1.29, 1.82) is 0 Å². The van der Waals surface area contributed by atoms with Gasteiger partial charge in [0.1, 0.15) is 0 Å². The van der Waals surface area contributed by atoms with Crippen LogP contribution in [0.4, 0.5) is 5.95 Å². The summed E-state index contributed by atoms with van der Waals surface area (Å²) in [6, 6.07) is 1.79. The van der Waals surface area contributed by atoms with E-state index in [-0.39, 0.29) is 5.56 Å². The number of hydrogen-bond acceptors (Lipinski definition) is 4. The van der Waals surface area contributed by atoms with E-state index in [2.05, 4.69) is 15.3 Å². The molecule has 2 rings (SSSR count). The highest BCUT2D eigenvalue weighted by Crippen LogP contribution is 2.22. The second-order valence-electron chi connectivity index (χ2n) is 3.05. The first-order chi connectivity index (χ1) is 6.28. The lowest BCUT2D eigenvalue weighted by atomic mass is 10.6. The average Bonchev–Trinajstić information content (AvgIpc) is 2.87. The summed E-state index contributed by atoms with van der Waals surface area (Å²) in [5.74, 6) is 0.832. The third kappa shape index (κ3) is 1.99. The van der Waals surface area contributed by atoms with E-state index >= 15 is 0 Å². The molecule has 1 aromatic rings. The van der Waals surface area contributed by atoms with Crippen molar-refractivity contribution in [2.45, 2.75) is 18.9 Å². The highest BCUT2D eigenvalue weighted by atomic mass is 16.5. The Labute approximate surface area is 75.1 Å². The van der Waals surface area contributed by atoms with Crippen LogP contribution in [0.25, 0.3) is 0 Å². The van der Waals surface area contributed by atoms with E-state index < -0.39 is 0 Å². The van der Waals surface area contributed by atoms with Gasteiger partial charge in [-0.2, -0.15) is 4.98 Å². The Hall–Kier alpha value is -1.52. The first kappa shape index (κ1) is 8.10. The van der Waals surface area contributed by atoms with E-state index in [1.54, 1.807) is 0 Å². The fourth-order valence-electron chi connectivity index (χ4n) is 1.03. The Kier molecular flexibility index (Phi) is 1.92. The molecule has 13 heavy (non-hydrogen) atoms. The molecule has 1 heterocycles. The summed E-state index contributed by atoms with van der Waals surface area (Å²) in [4.78, 5) is 17.7. The van der Waals surface area contributed by atoms with Gasteiger partial charge in [0, 0.05) is 6.04 Å². The molecule has 2 N–H and O–H groups in total. The van der Waals surface area contributed by atoms with Crippen molar-refractivity contribution < 1.29 is 4.74 Å². The van der Waals surface area contributed by atoms with Crippen LogP contribution in [0, 0.1) is 0 Å². The largest absolute Gasteiger partial charge is 0.481 e. The van der Waals surface area contributed by atoms with E-state index in [1.807, 2.05) is 0 Å². The van der Waals surface area contributed by atoms with E-state index in [0.717, 1.165) is 12.8 Å². The molecule has 0 atom stereocenters. The molecule has 70 valence electrons. The molecular formula is C8H11N3O2. The topological polar surface area (TPSA) is 67.0 Å². The van der Waals surface area contributed by atoms with Gasteiger partial charge in [0.2, 0.25) is 11.8 Å². The third-order valence-electron chi connectivity index (χ3n) is 1.85. The van der Waals surface area contributed by atoms with Crippen LogP contribution in [-0.2, 0) is 0 Å². The highest BCUT2D eigenvalue weighted by Gasteiger charge is 2.21. The van der Waals surface area contributed by atoms with E-state index in [1.165, 1.54) is 13.2 Å². The maximum Gasteiger partial charge on any atom is 0.256 e. The molecule has 1 aliphatic rings. The maximum absolute atomic E-state index is 11.1. The van der Waals surface area contributed by atoms with Gasteiger partial charge in [-0.15, -0.1) is 0 Å². The molecule has 5 heteroatoms. The number of nitrogens with one attached hydrogen (secondary N) is 2. The predicted molar refractivity (Wildman–Crippen MR) is 48.1 cm³/mol. The van der Waals surface area contributed by atoms with Gasteiger partial charge in [0.05, 0.1) is 13.2 Å². The van der Waals surface area contributed by atoms with E-state index in [9.17, 15) is 4.79 Å². The van der Waals surface area contributed by atoms with Crippen LogP contribution in [0.2, 0.25) is 0 Å². The zero-order chi connectivity index (χ0) is 9.26. The molecule has 0 unspecified atom stereocenters. The van der Waals surface area contributed by atoms with Gasteiger partial charge < -0.3 is 10.1 Å². The van der Waals surface area contributed by atoms with Crippen LogP contribution in [0.5, 0.6) is 5.88 Å². The predicted octanol–water partition coefficient (Wildman–Crippen LogP) is 0.353. The lowest BCUT2D eigenvalue weighted by Gasteiger charge is -2.03. The molecule has 1 fully saturated rings. The molecule has 0 spiro atoms. The Bertz CT molecular complexity index is 357. The number of aromatic amines is 1. The highest BCUT2D eigenvalue weighted by molar-refractivity contribution is 5.30. The molecule has 0 aromatic carbocycles. The maximum atomic E-state index is 11.1. The summed E-state index contributed by atoms with van der Waals surface area (Å²) in [5.41, 5.74) is -0.199. The summed E-state index contributed by atoms with van der Waals surface area (Å²) < 4.78 is 4.87. The fourth-order valence-corrected chi connectivity index (χ4v) is 1.03. The molecule has 0 amide bonds. The van der Waals surface area contributed by atoms with Crippen molar-refractivity contribution in [3.63, 3.8) is 0 Å². The summed E-state index contributed by atoms with van der Waals surface area (Å²) in [5, 5.41) is 3.08. The van der Waals surface area contributed by atoms with Crippen LogP contribution < -0.4 is 15.6 Å². The van der Waals surface area contributed by atoms with Gasteiger partial charge in [-0.1, -0.05) is 0 Å². The average molecular weight is 181 g/mol. The number of methoxy groups -OCH3 is 1. The van der Waals surface area contributed by atoms with Crippen LogP contribution in [-0.4, -0.2) is 23.1 Å². The SMILES string of the molecule is COc1cc(=O)[nH]c(NC2CC2)n1.